The van der Waals surface area contributed by atoms with Crippen LogP contribution >= 0.6 is 0 Å². The Bertz CT molecular complexity index is 2020. The van der Waals surface area contributed by atoms with Crippen LogP contribution in [-0.4, -0.2) is 88.6 Å². The molecule has 3 atom stereocenters. The minimum Gasteiger partial charge on any atom is -0.480 e. The molecule has 0 unspecified atom stereocenters. The first-order valence-electron chi connectivity index (χ1n) is 16.5. The van der Waals surface area contributed by atoms with E-state index in [1.165, 1.54) is 11.1 Å². The molecule has 1 saturated carbocycles. The number of carbonyl (C=O) groups is 1. The van der Waals surface area contributed by atoms with Gasteiger partial charge >= 0.3 is 5.97 Å². The van der Waals surface area contributed by atoms with E-state index in [1.807, 2.05) is 13.0 Å². The number of nitrogens with zero attached hydrogens (tertiary/aromatic N) is 5. The van der Waals surface area contributed by atoms with Gasteiger partial charge in [0.25, 0.3) is 6.43 Å². The van der Waals surface area contributed by atoms with E-state index in [9.17, 15) is 27.5 Å². The maximum Gasteiger partial charge on any atom is 0.326 e. The maximum atomic E-state index is 14.0. The number of rotatable bonds is 7. The van der Waals surface area contributed by atoms with Gasteiger partial charge in [0.05, 0.1) is 32.4 Å². The lowest BCUT2D eigenvalue weighted by atomic mass is 9.79. The second-order valence-corrected chi connectivity index (χ2v) is 13.4. The molecule has 1 aromatic carbocycles. The highest BCUT2D eigenvalue weighted by atomic mass is 19.3. The third-order valence-corrected chi connectivity index (χ3v) is 10.1. The Kier molecular flexibility index (Phi) is 7.98. The predicted molar refractivity (Wildman–Crippen MR) is 172 cm³/mol. The van der Waals surface area contributed by atoms with Crippen molar-refractivity contribution in [2.24, 2.45) is 5.92 Å². The molecule has 4 fully saturated rings. The number of furan rings is 1. The Morgan fingerprint density at radius 1 is 1.18 bits per heavy atom. The zero-order chi connectivity index (χ0) is 34.8. The molecule has 11 nitrogen and oxygen atoms in total. The molecule has 3 aliphatic heterocycles. The number of carboxylic acid groups (broad SMARTS) is 1. The number of anilines is 2. The van der Waals surface area contributed by atoms with Crippen molar-refractivity contribution in [3.8, 4) is 17.7 Å². The van der Waals surface area contributed by atoms with Crippen molar-refractivity contribution in [3.63, 3.8) is 0 Å². The van der Waals surface area contributed by atoms with Crippen molar-refractivity contribution in [2.45, 2.75) is 68.7 Å². The average Bonchev–Trinajstić information content (AvgIpc) is 3.65. The third-order valence-electron chi connectivity index (χ3n) is 10.1. The molecule has 4 aliphatic rings. The molecule has 1 spiro atoms. The predicted octanol–water partition coefficient (Wildman–Crippen LogP) is 5.60. The van der Waals surface area contributed by atoms with Crippen LogP contribution in [0.25, 0.3) is 22.1 Å². The molecule has 3 saturated heterocycles. The quantitative estimate of drug-likeness (QED) is 0.192. The zero-order valence-corrected chi connectivity index (χ0v) is 27.0. The summed E-state index contributed by atoms with van der Waals surface area (Å²) in [6.45, 7) is 3.78. The van der Waals surface area contributed by atoms with Crippen LogP contribution in [0.3, 0.4) is 0 Å². The van der Waals surface area contributed by atoms with Crippen LogP contribution in [0.2, 0.25) is 0 Å². The van der Waals surface area contributed by atoms with Crippen molar-refractivity contribution in [3.05, 3.63) is 47.9 Å². The normalized spacial score (nSPS) is 24.3. The number of carboxylic acids is 1. The Labute approximate surface area is 283 Å². The molecule has 0 bridgehead atoms. The lowest BCUT2D eigenvalue weighted by Gasteiger charge is -2.53. The van der Waals surface area contributed by atoms with E-state index in [4.69, 9.17) is 18.6 Å². The number of aliphatic carboxylic acids is 1. The first-order valence-corrected chi connectivity index (χ1v) is 16.5. The van der Waals surface area contributed by atoms with E-state index in [1.54, 1.807) is 24.3 Å². The molecule has 262 valence electrons. The standard InChI is InChI=1S/C35H33F4N5O6/c1-19-34(17-47-18-34)48-10-9-43(19)24-11-20(5-4-6-21-13-35(38,39)14-21)15-40-32(24)49-22-12-25(33(45)46)44(16-22)31-28-27(41-30(42-31)29(36)37)23-7-2-3-8-26(23)50-28/h2-3,7-8,11,15,19,21-22,25,29H,6,9-10,12-14,16-18H2,1H3,(H,45,46)/t19-,22-,25-/m0/s1. The average molecular weight is 696 g/mol. The minimum absolute atomic E-state index is 0.00376. The fraction of sp³-hybridized carbons (Fsp3) is 0.486. The summed E-state index contributed by atoms with van der Waals surface area (Å²) in [5.74, 6) is 1.57. The van der Waals surface area contributed by atoms with E-state index in [-0.39, 0.29) is 60.6 Å². The molecule has 8 rings (SSSR count). The monoisotopic (exact) mass is 695 g/mol. The van der Waals surface area contributed by atoms with Gasteiger partial charge in [-0.3, -0.25) is 0 Å². The van der Waals surface area contributed by atoms with Gasteiger partial charge < -0.3 is 33.5 Å². The van der Waals surface area contributed by atoms with Gasteiger partial charge in [0.1, 0.15) is 34.5 Å². The summed E-state index contributed by atoms with van der Waals surface area (Å²) in [5, 5.41) is 10.8. The molecular weight excluding hydrogens is 662 g/mol. The molecule has 3 aromatic heterocycles. The van der Waals surface area contributed by atoms with Crippen LogP contribution in [0, 0.1) is 17.8 Å². The lowest BCUT2D eigenvalue weighted by Crippen LogP contribution is -2.68. The highest BCUT2D eigenvalue weighted by Crippen LogP contribution is 2.44. The summed E-state index contributed by atoms with van der Waals surface area (Å²) >= 11 is 0. The van der Waals surface area contributed by atoms with Crippen molar-refractivity contribution < 1.29 is 46.1 Å². The molecule has 1 N–H and O–H groups in total. The number of aromatic nitrogens is 3. The van der Waals surface area contributed by atoms with Crippen LogP contribution in [0.15, 0.2) is 40.9 Å². The Hall–Kier alpha value is -4.68. The highest BCUT2D eigenvalue weighted by Gasteiger charge is 2.50. The zero-order valence-electron chi connectivity index (χ0n) is 27.0. The number of pyridine rings is 1. The summed E-state index contributed by atoms with van der Waals surface area (Å²) in [6, 6.07) is 7.34. The lowest BCUT2D eigenvalue weighted by molar-refractivity contribution is -0.228. The summed E-state index contributed by atoms with van der Waals surface area (Å²) in [6.07, 6.45) is -2.19. The van der Waals surface area contributed by atoms with Crippen molar-refractivity contribution >= 4 is 39.5 Å². The topological polar surface area (TPSA) is 123 Å². The highest BCUT2D eigenvalue weighted by molar-refractivity contribution is 6.06. The smallest absolute Gasteiger partial charge is 0.326 e. The Morgan fingerprint density at radius 3 is 2.70 bits per heavy atom. The van der Waals surface area contributed by atoms with Gasteiger partial charge in [0, 0.05) is 49.4 Å². The van der Waals surface area contributed by atoms with Gasteiger partial charge in [0.2, 0.25) is 11.8 Å². The molecule has 50 heavy (non-hydrogen) atoms. The third kappa shape index (κ3) is 5.73. The van der Waals surface area contributed by atoms with Gasteiger partial charge in [-0.1, -0.05) is 24.0 Å². The minimum atomic E-state index is -3.01. The van der Waals surface area contributed by atoms with Gasteiger partial charge in [0.15, 0.2) is 17.2 Å². The van der Waals surface area contributed by atoms with Crippen LogP contribution in [-0.2, 0) is 14.3 Å². The number of hydrogen-bond acceptors (Lipinski definition) is 10. The summed E-state index contributed by atoms with van der Waals surface area (Å²) in [7, 11) is 0. The molecule has 6 heterocycles. The van der Waals surface area contributed by atoms with E-state index in [0.717, 1.165) is 0 Å². The van der Waals surface area contributed by atoms with Crippen LogP contribution in [0.4, 0.5) is 29.1 Å². The van der Waals surface area contributed by atoms with E-state index in [0.29, 0.717) is 55.0 Å². The van der Waals surface area contributed by atoms with Crippen molar-refractivity contribution in [2.75, 3.05) is 42.7 Å². The first kappa shape index (κ1) is 32.5. The number of hydrogen-bond donors (Lipinski definition) is 1. The first-order chi connectivity index (χ1) is 24.0. The SMILES string of the molecule is C[C@@H]1N(c2cc(C#CCC3CC(F)(F)C3)cnc2O[C@H]2C[C@@H](C(=O)O)N(c3nc(C(F)F)nc4c3oc3ccccc34)C2)CCOC12COC2. The number of fused-ring (bicyclic) bond motifs is 3. The van der Waals surface area contributed by atoms with E-state index in [2.05, 4.69) is 31.7 Å². The number of morpholine rings is 1. The Balaban J connectivity index is 1.12. The summed E-state index contributed by atoms with van der Waals surface area (Å²) < 4.78 is 78.8. The summed E-state index contributed by atoms with van der Waals surface area (Å²) in [4.78, 5) is 28.9. The van der Waals surface area contributed by atoms with Gasteiger partial charge in [-0.15, -0.1) is 0 Å². The van der Waals surface area contributed by atoms with Gasteiger partial charge in [-0.2, -0.15) is 0 Å². The van der Waals surface area contributed by atoms with Crippen molar-refractivity contribution in [1.82, 2.24) is 15.0 Å². The Morgan fingerprint density at radius 2 is 1.98 bits per heavy atom. The fourth-order valence-corrected chi connectivity index (χ4v) is 7.33. The van der Waals surface area contributed by atoms with E-state index >= 15 is 0 Å². The molecule has 1 aliphatic carbocycles. The fourth-order valence-electron chi connectivity index (χ4n) is 7.33. The molecular formula is C35H33F4N5O6. The van der Waals surface area contributed by atoms with Crippen LogP contribution in [0.5, 0.6) is 5.88 Å². The molecule has 4 aromatic rings. The second kappa shape index (κ2) is 12.3. The largest absolute Gasteiger partial charge is 0.480 e. The van der Waals surface area contributed by atoms with Gasteiger partial charge in [-0.05, 0) is 31.0 Å². The molecule has 15 heteroatoms. The number of benzene rings is 1. The number of ether oxygens (including phenoxy) is 3. The molecule has 0 amide bonds. The van der Waals surface area contributed by atoms with Crippen LogP contribution in [0.1, 0.15) is 50.4 Å². The molecule has 0 radical (unpaired) electrons. The number of halogens is 4. The second-order valence-electron chi connectivity index (χ2n) is 13.4. The summed E-state index contributed by atoms with van der Waals surface area (Å²) in [5.41, 5.74) is 1.33. The van der Waals surface area contributed by atoms with Gasteiger partial charge in [-0.25, -0.2) is 37.3 Å². The van der Waals surface area contributed by atoms with Crippen molar-refractivity contribution in [1.29, 1.82) is 0 Å². The number of alkyl halides is 4. The number of para-hydroxylation sites is 1. The van der Waals surface area contributed by atoms with Crippen LogP contribution < -0.4 is 14.5 Å². The maximum absolute atomic E-state index is 14.0. The van der Waals surface area contributed by atoms with E-state index < -0.39 is 41.9 Å².